The zero-order valence-corrected chi connectivity index (χ0v) is 20.1. The van der Waals surface area contributed by atoms with Gasteiger partial charge in [0.2, 0.25) is 0 Å². The summed E-state index contributed by atoms with van der Waals surface area (Å²) < 4.78 is 89.1. The molecular weight excluding hydrogens is 490 g/mol. The van der Waals surface area contributed by atoms with E-state index in [1.54, 1.807) is 6.07 Å². The fraction of sp³-hybridized carbons (Fsp3) is 0.200. The van der Waals surface area contributed by atoms with Gasteiger partial charge in [0.15, 0.2) is 34.8 Å². The molecule has 0 unspecified atom stereocenters. The first-order valence-corrected chi connectivity index (χ1v) is 11.9. The SMILES string of the molecule is CCCCCc1ccc(-c2ccc(-c3cc(F)c(OCc4cc(F)c(F)c(F)c4)c(F)c3)c(F)c2)cc1. The Hall–Kier alpha value is -3.74. The fourth-order valence-electron chi connectivity index (χ4n) is 4.07. The minimum absolute atomic E-state index is 0.00744. The highest BCUT2D eigenvalue weighted by Crippen LogP contribution is 2.33. The normalized spacial score (nSPS) is 11.1. The quantitative estimate of drug-likeness (QED) is 0.123. The molecule has 0 amide bonds. The number of aryl methyl sites for hydroxylation is 1. The van der Waals surface area contributed by atoms with Crippen molar-refractivity contribution in [3.8, 4) is 28.0 Å². The molecule has 0 fully saturated rings. The molecule has 4 aromatic rings. The lowest BCUT2D eigenvalue weighted by molar-refractivity contribution is 0.272. The smallest absolute Gasteiger partial charge is 0.194 e. The molecule has 0 aromatic heterocycles. The Morgan fingerprint density at radius 1 is 0.568 bits per heavy atom. The first-order chi connectivity index (χ1) is 17.8. The lowest BCUT2D eigenvalue weighted by Crippen LogP contribution is -2.03. The second kappa shape index (κ2) is 11.5. The predicted molar refractivity (Wildman–Crippen MR) is 131 cm³/mol. The van der Waals surface area contributed by atoms with Gasteiger partial charge in [-0.2, -0.15) is 0 Å². The van der Waals surface area contributed by atoms with Gasteiger partial charge in [-0.05, 0) is 71.0 Å². The topological polar surface area (TPSA) is 9.23 Å². The van der Waals surface area contributed by atoms with Crippen LogP contribution >= 0.6 is 0 Å². The Labute approximate surface area is 211 Å². The van der Waals surface area contributed by atoms with Crippen LogP contribution in [0.2, 0.25) is 0 Å². The maximum atomic E-state index is 15.0. The molecule has 37 heavy (non-hydrogen) atoms. The van der Waals surface area contributed by atoms with E-state index in [9.17, 15) is 26.3 Å². The highest BCUT2D eigenvalue weighted by Gasteiger charge is 2.17. The first-order valence-electron chi connectivity index (χ1n) is 11.9. The van der Waals surface area contributed by atoms with Crippen molar-refractivity contribution in [2.75, 3.05) is 0 Å². The number of rotatable bonds is 9. The van der Waals surface area contributed by atoms with Crippen molar-refractivity contribution in [2.24, 2.45) is 0 Å². The molecule has 0 N–H and O–H groups in total. The van der Waals surface area contributed by atoms with Crippen LogP contribution in [0, 0.1) is 34.9 Å². The van der Waals surface area contributed by atoms with Gasteiger partial charge in [0.05, 0.1) is 0 Å². The van der Waals surface area contributed by atoms with Crippen LogP contribution in [-0.2, 0) is 13.0 Å². The number of hydrogen-bond donors (Lipinski definition) is 0. The van der Waals surface area contributed by atoms with Gasteiger partial charge in [-0.25, -0.2) is 26.3 Å². The summed E-state index contributed by atoms with van der Waals surface area (Å²) in [6, 6.07) is 15.4. The Morgan fingerprint density at radius 3 is 1.76 bits per heavy atom. The van der Waals surface area contributed by atoms with Crippen molar-refractivity contribution in [3.63, 3.8) is 0 Å². The summed E-state index contributed by atoms with van der Waals surface area (Å²) in [4.78, 5) is 0. The average Bonchev–Trinajstić information content (AvgIpc) is 2.87. The Bertz CT molecular complexity index is 1350. The van der Waals surface area contributed by atoms with Crippen molar-refractivity contribution >= 4 is 0 Å². The van der Waals surface area contributed by atoms with Gasteiger partial charge in [0.25, 0.3) is 0 Å². The standard InChI is InChI=1S/C30H24F6O/c1-2-3-4-5-18-6-8-20(9-7-18)21-10-11-23(24(31)14-21)22-15-27(34)30(28(35)16-22)37-17-19-12-25(32)29(36)26(33)13-19/h6-16H,2-5,17H2,1H3. The van der Waals surface area contributed by atoms with Gasteiger partial charge >= 0.3 is 0 Å². The number of unbranched alkanes of at least 4 members (excludes halogenated alkanes) is 2. The second-order valence-electron chi connectivity index (χ2n) is 8.78. The number of halogens is 6. The molecule has 0 radical (unpaired) electrons. The van der Waals surface area contributed by atoms with E-state index in [0.29, 0.717) is 17.7 Å². The molecule has 0 aliphatic rings. The van der Waals surface area contributed by atoms with Crippen LogP contribution in [0.4, 0.5) is 26.3 Å². The molecule has 192 valence electrons. The molecular formula is C30H24F6O. The molecule has 7 heteroatoms. The monoisotopic (exact) mass is 514 g/mol. The summed E-state index contributed by atoms with van der Waals surface area (Å²) in [5, 5.41) is 0. The Kier molecular flexibility index (Phi) is 8.21. The maximum absolute atomic E-state index is 15.0. The lowest BCUT2D eigenvalue weighted by Gasteiger charge is -2.12. The summed E-state index contributed by atoms with van der Waals surface area (Å²) in [5.41, 5.74) is 2.44. The molecule has 4 rings (SSSR count). The van der Waals surface area contributed by atoms with E-state index in [-0.39, 0.29) is 16.7 Å². The molecule has 1 nitrogen and oxygen atoms in total. The van der Waals surface area contributed by atoms with Crippen molar-refractivity contribution < 1.29 is 31.1 Å². The molecule has 4 aromatic carbocycles. The Balaban J connectivity index is 1.51. The summed E-state index contributed by atoms with van der Waals surface area (Å²) in [6.07, 6.45) is 4.40. The largest absolute Gasteiger partial charge is 0.483 e. The van der Waals surface area contributed by atoms with E-state index in [0.717, 1.165) is 43.4 Å². The van der Waals surface area contributed by atoms with Crippen molar-refractivity contribution in [1.82, 2.24) is 0 Å². The van der Waals surface area contributed by atoms with Crippen LogP contribution in [0.3, 0.4) is 0 Å². The number of ether oxygens (including phenoxy) is 1. The highest BCUT2D eigenvalue weighted by atomic mass is 19.2. The third-order valence-electron chi connectivity index (χ3n) is 6.06. The molecule has 0 saturated heterocycles. The van der Waals surface area contributed by atoms with E-state index in [1.165, 1.54) is 17.7 Å². The third kappa shape index (κ3) is 6.16. The predicted octanol–water partition coefficient (Wildman–Crippen LogP) is 9.17. The van der Waals surface area contributed by atoms with Crippen molar-refractivity contribution in [3.05, 3.63) is 113 Å². The van der Waals surface area contributed by atoms with Crippen LogP contribution in [0.5, 0.6) is 5.75 Å². The van der Waals surface area contributed by atoms with Crippen molar-refractivity contribution in [1.29, 1.82) is 0 Å². The van der Waals surface area contributed by atoms with Gasteiger partial charge in [0.1, 0.15) is 12.4 Å². The summed E-state index contributed by atoms with van der Waals surface area (Å²) in [6.45, 7) is 1.54. The van der Waals surface area contributed by atoms with Gasteiger partial charge in [-0.15, -0.1) is 0 Å². The van der Waals surface area contributed by atoms with Crippen LogP contribution in [0.15, 0.2) is 66.7 Å². The van der Waals surface area contributed by atoms with E-state index in [2.05, 4.69) is 6.92 Å². The zero-order chi connectivity index (χ0) is 26.5. The average molecular weight is 515 g/mol. The molecule has 0 saturated carbocycles. The Morgan fingerprint density at radius 2 is 1.16 bits per heavy atom. The van der Waals surface area contributed by atoms with Gasteiger partial charge in [-0.3, -0.25) is 0 Å². The molecule has 0 bridgehead atoms. The minimum atomic E-state index is -1.65. The molecule has 0 heterocycles. The van der Waals surface area contributed by atoms with Crippen LogP contribution in [0.1, 0.15) is 37.3 Å². The first kappa shape index (κ1) is 26.3. The van der Waals surface area contributed by atoms with E-state index < -0.39 is 47.3 Å². The molecule has 0 spiro atoms. The van der Waals surface area contributed by atoms with Crippen LogP contribution in [0.25, 0.3) is 22.3 Å². The highest BCUT2D eigenvalue weighted by molar-refractivity contribution is 5.71. The lowest BCUT2D eigenvalue weighted by atomic mass is 9.98. The molecule has 0 aliphatic carbocycles. The van der Waals surface area contributed by atoms with E-state index in [4.69, 9.17) is 4.74 Å². The molecule has 0 aliphatic heterocycles. The van der Waals surface area contributed by atoms with Gasteiger partial charge < -0.3 is 4.74 Å². The van der Waals surface area contributed by atoms with Crippen molar-refractivity contribution in [2.45, 2.75) is 39.2 Å². The van der Waals surface area contributed by atoms with E-state index in [1.807, 2.05) is 24.3 Å². The van der Waals surface area contributed by atoms with Gasteiger partial charge in [0, 0.05) is 5.56 Å². The van der Waals surface area contributed by atoms with Gasteiger partial charge in [-0.1, -0.05) is 56.2 Å². The minimum Gasteiger partial charge on any atom is -0.483 e. The number of benzene rings is 4. The maximum Gasteiger partial charge on any atom is 0.194 e. The summed E-state index contributed by atoms with van der Waals surface area (Å²) in [7, 11) is 0. The summed E-state index contributed by atoms with van der Waals surface area (Å²) in [5.74, 6) is -8.26. The third-order valence-corrected chi connectivity index (χ3v) is 6.06. The second-order valence-corrected chi connectivity index (χ2v) is 8.78. The summed E-state index contributed by atoms with van der Waals surface area (Å²) >= 11 is 0. The molecule has 0 atom stereocenters. The van der Waals surface area contributed by atoms with Crippen LogP contribution < -0.4 is 4.74 Å². The fourth-order valence-corrected chi connectivity index (χ4v) is 4.07. The van der Waals surface area contributed by atoms with E-state index >= 15 is 0 Å². The number of hydrogen-bond acceptors (Lipinski definition) is 1. The van der Waals surface area contributed by atoms with Crippen LogP contribution in [-0.4, -0.2) is 0 Å². The zero-order valence-electron chi connectivity index (χ0n) is 20.1.